The van der Waals surface area contributed by atoms with E-state index >= 15 is 0 Å². The molecule has 1 N–H and O–H groups in total. The van der Waals surface area contributed by atoms with Crippen LogP contribution in [0.4, 0.5) is 4.39 Å². The summed E-state index contributed by atoms with van der Waals surface area (Å²) in [4.78, 5) is 13.4. The number of amides is 1. The molecule has 0 saturated heterocycles. The molecule has 100 valence electrons. The van der Waals surface area contributed by atoms with Crippen molar-refractivity contribution in [2.24, 2.45) is 0 Å². The summed E-state index contributed by atoms with van der Waals surface area (Å²) in [6.45, 7) is 0.667. The molecule has 0 fully saturated rings. The standard InChI is InChI=1S/C13H17ClFNO2/c1-16(8-3-2-4-9-17)13(18)12-10(14)6-5-7-11(12)15/h5-7,17H,2-4,8-9H2,1H3. The van der Waals surface area contributed by atoms with Crippen LogP contribution in [0.3, 0.4) is 0 Å². The summed E-state index contributed by atoms with van der Waals surface area (Å²) >= 11 is 5.83. The third-order valence-corrected chi connectivity index (χ3v) is 2.99. The quantitative estimate of drug-likeness (QED) is 0.810. The highest BCUT2D eigenvalue weighted by atomic mass is 35.5. The first-order valence-electron chi connectivity index (χ1n) is 5.88. The Morgan fingerprint density at radius 3 is 2.72 bits per heavy atom. The first kappa shape index (κ1) is 14.9. The first-order valence-corrected chi connectivity index (χ1v) is 6.26. The number of benzene rings is 1. The molecule has 5 heteroatoms. The summed E-state index contributed by atoms with van der Waals surface area (Å²) in [5.41, 5.74) is -0.0798. The van der Waals surface area contributed by atoms with Gasteiger partial charge in [-0.3, -0.25) is 4.79 Å². The Morgan fingerprint density at radius 2 is 2.11 bits per heavy atom. The molecule has 1 amide bonds. The van der Waals surface area contributed by atoms with Crippen molar-refractivity contribution >= 4 is 17.5 Å². The molecule has 3 nitrogen and oxygen atoms in total. The topological polar surface area (TPSA) is 40.5 Å². The van der Waals surface area contributed by atoms with Crippen molar-refractivity contribution in [1.82, 2.24) is 4.90 Å². The fraction of sp³-hybridized carbons (Fsp3) is 0.462. The highest BCUT2D eigenvalue weighted by molar-refractivity contribution is 6.33. The average molecular weight is 274 g/mol. The van der Waals surface area contributed by atoms with Gasteiger partial charge in [0.1, 0.15) is 5.82 Å². The summed E-state index contributed by atoms with van der Waals surface area (Å²) in [6.07, 6.45) is 2.32. The van der Waals surface area contributed by atoms with E-state index in [9.17, 15) is 9.18 Å². The Hall–Kier alpha value is -1.13. The van der Waals surface area contributed by atoms with E-state index in [2.05, 4.69) is 0 Å². The number of hydrogen-bond acceptors (Lipinski definition) is 2. The lowest BCUT2D eigenvalue weighted by Crippen LogP contribution is -2.28. The van der Waals surface area contributed by atoms with Gasteiger partial charge in [0.05, 0.1) is 10.6 Å². The molecule has 1 aromatic carbocycles. The van der Waals surface area contributed by atoms with Crippen LogP contribution >= 0.6 is 11.6 Å². The molecule has 0 saturated carbocycles. The Morgan fingerprint density at radius 1 is 1.39 bits per heavy atom. The number of unbranched alkanes of at least 4 members (excludes halogenated alkanes) is 2. The first-order chi connectivity index (χ1) is 8.57. The third kappa shape index (κ3) is 3.96. The van der Waals surface area contributed by atoms with E-state index < -0.39 is 11.7 Å². The average Bonchev–Trinajstić information content (AvgIpc) is 2.34. The monoisotopic (exact) mass is 273 g/mol. The van der Waals surface area contributed by atoms with Crippen molar-refractivity contribution in [1.29, 1.82) is 0 Å². The van der Waals surface area contributed by atoms with Crippen LogP contribution in [0.5, 0.6) is 0 Å². The second-order valence-corrected chi connectivity index (χ2v) is 4.51. The molecule has 1 aromatic rings. The zero-order chi connectivity index (χ0) is 13.5. The number of aliphatic hydroxyl groups is 1. The normalized spacial score (nSPS) is 10.4. The Balaban J connectivity index is 2.63. The lowest BCUT2D eigenvalue weighted by atomic mass is 10.1. The Labute approximate surface area is 111 Å². The predicted molar refractivity (Wildman–Crippen MR) is 69.3 cm³/mol. The molecule has 18 heavy (non-hydrogen) atoms. The van der Waals surface area contributed by atoms with Crippen LogP contribution in [0.25, 0.3) is 0 Å². The lowest BCUT2D eigenvalue weighted by Gasteiger charge is -2.18. The van der Waals surface area contributed by atoms with Gasteiger partial charge < -0.3 is 10.0 Å². The zero-order valence-corrected chi connectivity index (χ0v) is 11.1. The molecular formula is C13H17ClFNO2. The SMILES string of the molecule is CN(CCCCCO)C(=O)c1c(F)cccc1Cl. The van der Waals surface area contributed by atoms with Crippen LogP contribution in [0.15, 0.2) is 18.2 Å². The van der Waals surface area contributed by atoms with Crippen molar-refractivity contribution in [2.45, 2.75) is 19.3 Å². The minimum atomic E-state index is -0.602. The van der Waals surface area contributed by atoms with E-state index in [1.807, 2.05) is 0 Å². The van der Waals surface area contributed by atoms with Crippen LogP contribution in [-0.4, -0.2) is 36.1 Å². The molecular weight excluding hydrogens is 257 g/mol. The molecule has 0 atom stereocenters. The van der Waals surface area contributed by atoms with E-state index in [0.29, 0.717) is 13.0 Å². The summed E-state index contributed by atoms with van der Waals surface area (Å²) in [5, 5.41) is 8.77. The van der Waals surface area contributed by atoms with Crippen molar-refractivity contribution in [2.75, 3.05) is 20.2 Å². The van der Waals surface area contributed by atoms with Gasteiger partial charge in [-0.15, -0.1) is 0 Å². The van der Waals surface area contributed by atoms with Crippen LogP contribution in [0, 0.1) is 5.82 Å². The molecule has 0 aliphatic rings. The number of hydrogen-bond donors (Lipinski definition) is 1. The molecule has 0 aromatic heterocycles. The van der Waals surface area contributed by atoms with Crippen LogP contribution < -0.4 is 0 Å². The minimum Gasteiger partial charge on any atom is -0.396 e. The van der Waals surface area contributed by atoms with Crippen LogP contribution in [-0.2, 0) is 0 Å². The van der Waals surface area contributed by atoms with Crippen molar-refractivity contribution in [3.05, 3.63) is 34.6 Å². The van der Waals surface area contributed by atoms with Gasteiger partial charge in [-0.1, -0.05) is 17.7 Å². The van der Waals surface area contributed by atoms with Crippen molar-refractivity contribution in [3.63, 3.8) is 0 Å². The summed E-state index contributed by atoms with van der Waals surface area (Å²) in [6, 6.07) is 4.19. The molecule has 0 heterocycles. The summed E-state index contributed by atoms with van der Waals surface area (Å²) < 4.78 is 13.5. The number of halogens is 2. The molecule has 0 aliphatic heterocycles. The number of nitrogens with zero attached hydrogens (tertiary/aromatic N) is 1. The van der Waals surface area contributed by atoms with E-state index in [1.165, 1.54) is 23.1 Å². The second kappa shape index (κ2) is 7.34. The van der Waals surface area contributed by atoms with Crippen LogP contribution in [0.2, 0.25) is 5.02 Å². The Kier molecular flexibility index (Phi) is 6.09. The van der Waals surface area contributed by atoms with Gasteiger partial charge in [-0.25, -0.2) is 4.39 Å². The number of rotatable bonds is 6. The van der Waals surface area contributed by atoms with Gasteiger partial charge in [0.15, 0.2) is 0 Å². The Bertz CT molecular complexity index is 392. The lowest BCUT2D eigenvalue weighted by molar-refractivity contribution is 0.0787. The molecule has 1 rings (SSSR count). The number of carbonyl (C=O) groups is 1. The van der Waals surface area contributed by atoms with E-state index in [4.69, 9.17) is 16.7 Å². The van der Waals surface area contributed by atoms with Gasteiger partial charge in [-0.05, 0) is 31.4 Å². The highest BCUT2D eigenvalue weighted by Gasteiger charge is 2.18. The fourth-order valence-electron chi connectivity index (χ4n) is 1.63. The molecule has 0 spiro atoms. The maximum absolute atomic E-state index is 13.5. The third-order valence-electron chi connectivity index (χ3n) is 2.67. The van der Waals surface area contributed by atoms with Crippen molar-refractivity contribution < 1.29 is 14.3 Å². The minimum absolute atomic E-state index is 0.0798. The van der Waals surface area contributed by atoms with Crippen molar-refractivity contribution in [3.8, 4) is 0 Å². The molecule has 0 unspecified atom stereocenters. The predicted octanol–water partition coefficient (Wildman–Crippen LogP) is 2.71. The summed E-state index contributed by atoms with van der Waals surface area (Å²) in [5.74, 6) is -1.02. The fourth-order valence-corrected chi connectivity index (χ4v) is 1.88. The maximum Gasteiger partial charge on any atom is 0.258 e. The van der Waals surface area contributed by atoms with E-state index in [0.717, 1.165) is 12.8 Å². The van der Waals surface area contributed by atoms with Gasteiger partial charge in [0.25, 0.3) is 5.91 Å². The van der Waals surface area contributed by atoms with Gasteiger partial charge in [-0.2, -0.15) is 0 Å². The van der Waals surface area contributed by atoms with E-state index in [1.54, 1.807) is 7.05 Å². The molecule has 0 bridgehead atoms. The van der Waals surface area contributed by atoms with Gasteiger partial charge in [0, 0.05) is 20.2 Å². The molecule has 0 aliphatic carbocycles. The number of carbonyl (C=O) groups excluding carboxylic acids is 1. The maximum atomic E-state index is 13.5. The number of aliphatic hydroxyl groups excluding tert-OH is 1. The smallest absolute Gasteiger partial charge is 0.258 e. The molecule has 0 radical (unpaired) electrons. The largest absolute Gasteiger partial charge is 0.396 e. The highest BCUT2D eigenvalue weighted by Crippen LogP contribution is 2.20. The summed E-state index contributed by atoms with van der Waals surface area (Å²) in [7, 11) is 1.62. The zero-order valence-electron chi connectivity index (χ0n) is 10.3. The van der Waals surface area contributed by atoms with Crippen LogP contribution in [0.1, 0.15) is 29.6 Å². The second-order valence-electron chi connectivity index (χ2n) is 4.11. The van der Waals surface area contributed by atoms with Gasteiger partial charge >= 0.3 is 0 Å². The van der Waals surface area contributed by atoms with E-state index in [-0.39, 0.29) is 17.2 Å². The van der Waals surface area contributed by atoms with Gasteiger partial charge in [0.2, 0.25) is 0 Å².